The Balaban J connectivity index is 1.38. The Hall–Kier alpha value is -2.45. The molecule has 1 fully saturated rings. The van der Waals surface area contributed by atoms with Crippen molar-refractivity contribution < 1.29 is 13.7 Å². The second kappa shape index (κ2) is 7.89. The monoisotopic (exact) mass is 444 g/mol. The Bertz CT molecular complexity index is 958. The number of hydrogen-bond donors (Lipinski definition) is 0. The van der Waals surface area contributed by atoms with E-state index in [2.05, 4.69) is 31.0 Å². The number of furan rings is 1. The number of halogens is 1. The van der Waals surface area contributed by atoms with E-state index in [0.29, 0.717) is 35.2 Å². The van der Waals surface area contributed by atoms with Gasteiger partial charge >= 0.3 is 0 Å². The second-order valence-electron chi connectivity index (χ2n) is 6.93. The average molecular weight is 445 g/mol. The number of hydrogen-bond acceptors (Lipinski definition) is 6. The number of piperazine rings is 1. The van der Waals surface area contributed by atoms with Crippen LogP contribution in [0.15, 0.2) is 50.0 Å². The highest BCUT2D eigenvalue weighted by molar-refractivity contribution is 9.10. The minimum Gasteiger partial charge on any atom is -0.444 e. The molecule has 4 rings (SSSR count). The van der Waals surface area contributed by atoms with Crippen molar-refractivity contribution in [3.05, 3.63) is 58.3 Å². The van der Waals surface area contributed by atoms with Crippen molar-refractivity contribution in [2.24, 2.45) is 0 Å². The van der Waals surface area contributed by atoms with Gasteiger partial charge in [-0.15, -0.1) is 0 Å². The summed E-state index contributed by atoms with van der Waals surface area (Å²) >= 11 is 3.23. The van der Waals surface area contributed by atoms with Crippen LogP contribution in [0, 0.1) is 6.92 Å². The maximum Gasteiger partial charge on any atom is 0.289 e. The molecule has 3 heterocycles. The molecule has 1 unspecified atom stereocenters. The van der Waals surface area contributed by atoms with E-state index in [1.807, 2.05) is 38.1 Å². The molecular weight excluding hydrogens is 424 g/mol. The molecule has 7 nitrogen and oxygen atoms in total. The molecule has 0 radical (unpaired) electrons. The number of carbonyl (C=O) groups excluding carboxylic acids is 1. The van der Waals surface area contributed by atoms with Gasteiger partial charge < -0.3 is 13.8 Å². The molecule has 1 aromatic carbocycles. The number of nitrogens with zero attached hydrogens (tertiary/aromatic N) is 4. The lowest BCUT2D eigenvalue weighted by Crippen LogP contribution is -2.49. The van der Waals surface area contributed by atoms with Crippen LogP contribution in [0.2, 0.25) is 0 Å². The van der Waals surface area contributed by atoms with Crippen LogP contribution >= 0.6 is 15.9 Å². The third-order valence-electron chi connectivity index (χ3n) is 5.04. The first-order valence-corrected chi connectivity index (χ1v) is 10.00. The molecule has 0 aliphatic carbocycles. The largest absolute Gasteiger partial charge is 0.444 e. The molecule has 0 bridgehead atoms. The molecule has 146 valence electrons. The number of carbonyl (C=O) groups is 1. The summed E-state index contributed by atoms with van der Waals surface area (Å²) in [4.78, 5) is 21.1. The van der Waals surface area contributed by atoms with E-state index in [4.69, 9.17) is 8.94 Å². The summed E-state index contributed by atoms with van der Waals surface area (Å²) in [7, 11) is 0. The van der Waals surface area contributed by atoms with Gasteiger partial charge in [0.2, 0.25) is 11.7 Å². The Kier molecular flexibility index (Phi) is 5.32. The summed E-state index contributed by atoms with van der Waals surface area (Å²) in [5, 5.41) is 4.12. The van der Waals surface area contributed by atoms with Crippen LogP contribution in [0.1, 0.15) is 35.0 Å². The zero-order chi connectivity index (χ0) is 19.7. The minimum atomic E-state index is -0.0857. The molecule has 0 spiro atoms. The van der Waals surface area contributed by atoms with E-state index in [0.717, 1.165) is 18.7 Å². The Morgan fingerprint density at radius 1 is 1.11 bits per heavy atom. The van der Waals surface area contributed by atoms with Crippen LogP contribution < -0.4 is 0 Å². The molecule has 1 aliphatic heterocycles. The fourth-order valence-corrected chi connectivity index (χ4v) is 3.58. The molecule has 8 heteroatoms. The first kappa shape index (κ1) is 18.9. The van der Waals surface area contributed by atoms with E-state index in [9.17, 15) is 4.79 Å². The van der Waals surface area contributed by atoms with Gasteiger partial charge in [0.15, 0.2) is 10.4 Å². The second-order valence-corrected chi connectivity index (χ2v) is 7.71. The minimum absolute atomic E-state index is 0.0123. The zero-order valence-electron chi connectivity index (χ0n) is 15.8. The topological polar surface area (TPSA) is 75.6 Å². The van der Waals surface area contributed by atoms with Gasteiger partial charge in [0.05, 0.1) is 6.04 Å². The predicted octanol–water partition coefficient (Wildman–Crippen LogP) is 3.92. The number of aryl methyl sites for hydroxylation is 1. The van der Waals surface area contributed by atoms with Crippen LogP contribution in [-0.2, 0) is 0 Å². The lowest BCUT2D eigenvalue weighted by Gasteiger charge is -2.36. The summed E-state index contributed by atoms with van der Waals surface area (Å²) in [6, 6.07) is 11.4. The fraction of sp³-hybridized carbons (Fsp3) is 0.350. The Labute approximate surface area is 171 Å². The highest BCUT2D eigenvalue weighted by atomic mass is 79.9. The van der Waals surface area contributed by atoms with Gasteiger partial charge in [0.25, 0.3) is 5.91 Å². The maximum atomic E-state index is 12.5. The van der Waals surface area contributed by atoms with Crippen molar-refractivity contribution in [1.29, 1.82) is 0 Å². The summed E-state index contributed by atoms with van der Waals surface area (Å²) in [6.07, 6.45) is 0. The lowest BCUT2D eigenvalue weighted by atomic mass is 10.1. The van der Waals surface area contributed by atoms with Crippen molar-refractivity contribution in [2.75, 3.05) is 26.2 Å². The quantitative estimate of drug-likeness (QED) is 0.606. The van der Waals surface area contributed by atoms with Crippen molar-refractivity contribution in [3.63, 3.8) is 0 Å². The summed E-state index contributed by atoms with van der Waals surface area (Å²) in [5.41, 5.74) is 2.13. The Morgan fingerprint density at radius 3 is 2.46 bits per heavy atom. The SMILES string of the molecule is Cc1ccc(-c2noc(C(C)N3CCN(C(=O)c4ccc(Br)o4)CC3)n2)cc1. The number of amides is 1. The summed E-state index contributed by atoms with van der Waals surface area (Å²) in [5.74, 6) is 1.45. The molecule has 28 heavy (non-hydrogen) atoms. The maximum absolute atomic E-state index is 12.5. The van der Waals surface area contributed by atoms with Crippen LogP contribution in [0.4, 0.5) is 0 Å². The van der Waals surface area contributed by atoms with Gasteiger partial charge in [-0.05, 0) is 41.9 Å². The molecule has 0 saturated carbocycles. The lowest BCUT2D eigenvalue weighted by molar-refractivity contribution is 0.0523. The molecule has 2 aromatic heterocycles. The van der Waals surface area contributed by atoms with Crippen LogP contribution in [0.25, 0.3) is 11.4 Å². The molecule has 1 aliphatic rings. The molecule has 0 N–H and O–H groups in total. The summed E-state index contributed by atoms with van der Waals surface area (Å²) in [6.45, 7) is 6.81. The highest BCUT2D eigenvalue weighted by Crippen LogP contribution is 2.24. The van der Waals surface area contributed by atoms with Crippen molar-refractivity contribution in [1.82, 2.24) is 19.9 Å². The van der Waals surface area contributed by atoms with Gasteiger partial charge in [0, 0.05) is 31.7 Å². The van der Waals surface area contributed by atoms with Crippen LogP contribution in [0.5, 0.6) is 0 Å². The van der Waals surface area contributed by atoms with Gasteiger partial charge in [-0.25, -0.2) is 0 Å². The first-order chi connectivity index (χ1) is 13.5. The van der Waals surface area contributed by atoms with Crippen molar-refractivity contribution in [3.8, 4) is 11.4 Å². The van der Waals surface area contributed by atoms with Gasteiger partial charge in [0.1, 0.15) is 0 Å². The standard InChI is InChI=1S/C20H21BrN4O3/c1-13-3-5-15(6-4-13)18-22-19(28-23-18)14(2)24-9-11-25(12-10-24)20(26)16-7-8-17(21)27-16/h3-8,14H,9-12H2,1-2H3. The zero-order valence-corrected chi connectivity index (χ0v) is 17.3. The van der Waals surface area contributed by atoms with E-state index in [-0.39, 0.29) is 11.9 Å². The van der Waals surface area contributed by atoms with Crippen LogP contribution in [0.3, 0.4) is 0 Å². The first-order valence-electron chi connectivity index (χ1n) is 9.20. The van der Waals surface area contributed by atoms with Crippen molar-refractivity contribution in [2.45, 2.75) is 19.9 Å². The number of rotatable bonds is 4. The van der Waals surface area contributed by atoms with E-state index < -0.39 is 0 Å². The normalized spacial score (nSPS) is 16.3. The van der Waals surface area contributed by atoms with E-state index >= 15 is 0 Å². The van der Waals surface area contributed by atoms with E-state index in [1.54, 1.807) is 17.0 Å². The third kappa shape index (κ3) is 3.88. The van der Waals surface area contributed by atoms with Crippen LogP contribution in [-0.4, -0.2) is 52.0 Å². The fourth-order valence-electron chi connectivity index (χ4n) is 3.28. The highest BCUT2D eigenvalue weighted by Gasteiger charge is 2.29. The summed E-state index contributed by atoms with van der Waals surface area (Å²) < 4.78 is 11.4. The third-order valence-corrected chi connectivity index (χ3v) is 5.47. The molecule has 1 amide bonds. The van der Waals surface area contributed by atoms with Gasteiger partial charge in [-0.1, -0.05) is 35.0 Å². The molecule has 3 aromatic rings. The smallest absolute Gasteiger partial charge is 0.289 e. The van der Waals surface area contributed by atoms with Gasteiger partial charge in [-0.3, -0.25) is 9.69 Å². The molecule has 1 saturated heterocycles. The molecular formula is C20H21BrN4O3. The van der Waals surface area contributed by atoms with E-state index in [1.165, 1.54) is 5.56 Å². The Morgan fingerprint density at radius 2 is 1.82 bits per heavy atom. The number of benzene rings is 1. The number of aromatic nitrogens is 2. The van der Waals surface area contributed by atoms with Crippen molar-refractivity contribution >= 4 is 21.8 Å². The molecule has 1 atom stereocenters. The average Bonchev–Trinajstić information content (AvgIpc) is 3.37. The van der Waals surface area contributed by atoms with Gasteiger partial charge in [-0.2, -0.15) is 4.98 Å². The predicted molar refractivity (Wildman–Crippen MR) is 107 cm³/mol.